The second-order valence-corrected chi connectivity index (χ2v) is 5.15. The van der Waals surface area contributed by atoms with Gasteiger partial charge in [-0.15, -0.1) is 23.1 Å². The van der Waals surface area contributed by atoms with E-state index in [1.165, 1.54) is 0 Å². The van der Waals surface area contributed by atoms with Crippen LogP contribution in [-0.4, -0.2) is 11.5 Å². The second kappa shape index (κ2) is 2.36. The van der Waals surface area contributed by atoms with Gasteiger partial charge in [-0.1, -0.05) is 0 Å². The number of carbonyl (C=O) groups is 1. The molecule has 1 aromatic heterocycles. The molecular formula is C6H3BrOS2. The normalized spacial score (nSPS) is 15.9. The van der Waals surface area contributed by atoms with Gasteiger partial charge in [0.15, 0.2) is 5.78 Å². The molecule has 0 aliphatic carbocycles. The maximum absolute atomic E-state index is 11.0. The summed E-state index contributed by atoms with van der Waals surface area (Å²) in [6.07, 6.45) is 0. The predicted octanol–water partition coefficient (Wildman–Crippen LogP) is 2.80. The topological polar surface area (TPSA) is 17.1 Å². The minimum absolute atomic E-state index is 0.266. The molecule has 0 fully saturated rings. The van der Waals surface area contributed by atoms with Gasteiger partial charge < -0.3 is 0 Å². The Balaban J connectivity index is 2.63. The Hall–Kier alpha value is 0.200. The van der Waals surface area contributed by atoms with Crippen LogP contribution in [0.2, 0.25) is 0 Å². The smallest absolute Gasteiger partial charge is 0.175 e. The molecule has 0 atom stereocenters. The van der Waals surface area contributed by atoms with Crippen molar-refractivity contribution < 1.29 is 4.79 Å². The van der Waals surface area contributed by atoms with Gasteiger partial charge in [-0.2, -0.15) is 0 Å². The fourth-order valence-electron chi connectivity index (χ4n) is 0.866. The number of halogens is 1. The first-order valence-electron chi connectivity index (χ1n) is 2.72. The minimum atomic E-state index is 0.266. The lowest BCUT2D eigenvalue weighted by Crippen LogP contribution is -1.91. The third kappa shape index (κ3) is 0.863. The average Bonchev–Trinajstić information content (AvgIpc) is 2.41. The lowest BCUT2D eigenvalue weighted by atomic mass is 10.2. The van der Waals surface area contributed by atoms with Crippen LogP contribution in [0, 0.1) is 0 Å². The van der Waals surface area contributed by atoms with E-state index in [-0.39, 0.29) is 5.78 Å². The van der Waals surface area contributed by atoms with Gasteiger partial charge in [0.05, 0.1) is 9.54 Å². The molecule has 1 aromatic rings. The summed E-state index contributed by atoms with van der Waals surface area (Å²) in [4.78, 5) is 12.2. The highest BCUT2D eigenvalue weighted by molar-refractivity contribution is 9.11. The molecule has 1 aliphatic rings. The van der Waals surface area contributed by atoms with Crippen molar-refractivity contribution in [2.45, 2.75) is 4.90 Å². The van der Waals surface area contributed by atoms with E-state index < -0.39 is 0 Å². The number of ketones is 1. The maximum atomic E-state index is 11.0. The maximum Gasteiger partial charge on any atom is 0.175 e. The van der Waals surface area contributed by atoms with E-state index in [0.29, 0.717) is 5.75 Å². The number of fused-ring (bicyclic) bond motifs is 1. The van der Waals surface area contributed by atoms with Crippen molar-refractivity contribution in [3.8, 4) is 0 Å². The van der Waals surface area contributed by atoms with Crippen molar-refractivity contribution in [3.05, 3.63) is 14.7 Å². The molecule has 1 nitrogen and oxygen atoms in total. The summed E-state index contributed by atoms with van der Waals surface area (Å²) in [6.45, 7) is 0. The number of thiophene rings is 1. The lowest BCUT2D eigenvalue weighted by Gasteiger charge is -1.83. The molecule has 10 heavy (non-hydrogen) atoms. The Bertz CT molecular complexity index is 292. The first-order valence-corrected chi connectivity index (χ1v) is 5.38. The second-order valence-electron chi connectivity index (χ2n) is 1.96. The van der Waals surface area contributed by atoms with Crippen molar-refractivity contribution in [1.82, 2.24) is 0 Å². The lowest BCUT2D eigenvalue weighted by molar-refractivity contribution is 0.102. The van der Waals surface area contributed by atoms with Gasteiger partial charge in [-0.25, -0.2) is 0 Å². The zero-order valence-electron chi connectivity index (χ0n) is 4.89. The molecule has 0 N–H and O–H groups in total. The zero-order chi connectivity index (χ0) is 7.14. The van der Waals surface area contributed by atoms with Crippen LogP contribution in [0.4, 0.5) is 0 Å². The number of hydrogen-bond donors (Lipinski definition) is 0. The number of Topliss-reactive ketones (excluding diaryl/α,β-unsaturated/α-hetero) is 1. The molecule has 52 valence electrons. The number of hydrogen-bond acceptors (Lipinski definition) is 3. The van der Waals surface area contributed by atoms with Crippen LogP contribution in [0.25, 0.3) is 0 Å². The summed E-state index contributed by atoms with van der Waals surface area (Å²) in [5, 5.41) is 1.92. The highest BCUT2D eigenvalue weighted by atomic mass is 79.9. The summed E-state index contributed by atoms with van der Waals surface area (Å²) in [6, 6.07) is 0. The predicted molar refractivity (Wildman–Crippen MR) is 47.1 cm³/mol. The Labute approximate surface area is 74.9 Å². The Morgan fingerprint density at radius 1 is 1.60 bits per heavy atom. The van der Waals surface area contributed by atoms with Gasteiger partial charge in [0.2, 0.25) is 0 Å². The van der Waals surface area contributed by atoms with Crippen LogP contribution in [0.5, 0.6) is 0 Å². The number of rotatable bonds is 0. The Morgan fingerprint density at radius 2 is 2.40 bits per heavy atom. The number of thioether (sulfide) groups is 1. The van der Waals surface area contributed by atoms with E-state index in [0.717, 1.165) is 14.2 Å². The van der Waals surface area contributed by atoms with Gasteiger partial charge in [0.1, 0.15) is 0 Å². The van der Waals surface area contributed by atoms with Crippen molar-refractivity contribution in [1.29, 1.82) is 0 Å². The van der Waals surface area contributed by atoms with Crippen LogP contribution in [-0.2, 0) is 0 Å². The van der Waals surface area contributed by atoms with Crippen molar-refractivity contribution in [2.24, 2.45) is 0 Å². The Morgan fingerprint density at radius 3 is 3.10 bits per heavy atom. The molecule has 2 heterocycles. The average molecular weight is 235 g/mol. The standard InChI is InChI=1S/C6H3BrOS2/c7-6-5-3(1-10-6)4(8)2-9-5/h1H,2H2. The molecule has 0 saturated heterocycles. The quantitative estimate of drug-likeness (QED) is 0.687. The minimum Gasteiger partial charge on any atom is -0.293 e. The fraction of sp³-hybridized carbons (Fsp3) is 0.167. The molecule has 0 amide bonds. The summed E-state index contributed by atoms with van der Waals surface area (Å²) < 4.78 is 1.10. The summed E-state index contributed by atoms with van der Waals surface area (Å²) in [5.74, 6) is 0.888. The molecule has 0 unspecified atom stereocenters. The third-order valence-electron chi connectivity index (χ3n) is 1.35. The van der Waals surface area contributed by atoms with Crippen LogP contribution in [0.1, 0.15) is 10.4 Å². The van der Waals surface area contributed by atoms with Crippen molar-refractivity contribution >= 4 is 44.8 Å². The molecule has 0 bridgehead atoms. The fourth-order valence-corrected chi connectivity index (χ4v) is 3.66. The van der Waals surface area contributed by atoms with Crippen molar-refractivity contribution in [3.63, 3.8) is 0 Å². The highest BCUT2D eigenvalue weighted by Crippen LogP contribution is 2.41. The van der Waals surface area contributed by atoms with Crippen LogP contribution < -0.4 is 0 Å². The molecule has 4 heteroatoms. The van der Waals surface area contributed by atoms with E-state index in [1.807, 2.05) is 5.38 Å². The van der Waals surface area contributed by atoms with Gasteiger partial charge in [0, 0.05) is 15.8 Å². The van der Waals surface area contributed by atoms with E-state index in [2.05, 4.69) is 15.9 Å². The molecule has 0 spiro atoms. The van der Waals surface area contributed by atoms with Gasteiger partial charge in [-0.3, -0.25) is 4.79 Å². The molecule has 0 radical (unpaired) electrons. The van der Waals surface area contributed by atoms with Crippen LogP contribution in [0.3, 0.4) is 0 Å². The van der Waals surface area contributed by atoms with E-state index in [1.54, 1.807) is 23.1 Å². The van der Waals surface area contributed by atoms with E-state index >= 15 is 0 Å². The summed E-state index contributed by atoms with van der Waals surface area (Å²) in [5.41, 5.74) is 0.905. The molecule has 0 saturated carbocycles. The first kappa shape index (κ1) is 6.88. The highest BCUT2D eigenvalue weighted by Gasteiger charge is 2.23. The molecule has 0 aromatic carbocycles. The van der Waals surface area contributed by atoms with E-state index in [9.17, 15) is 4.79 Å². The number of carbonyl (C=O) groups excluding carboxylic acids is 1. The zero-order valence-corrected chi connectivity index (χ0v) is 8.11. The monoisotopic (exact) mass is 234 g/mol. The Kier molecular flexibility index (Phi) is 1.62. The molecule has 2 rings (SSSR count). The summed E-state index contributed by atoms with van der Waals surface area (Å²) >= 11 is 6.60. The van der Waals surface area contributed by atoms with Crippen molar-refractivity contribution in [2.75, 3.05) is 5.75 Å². The first-order chi connectivity index (χ1) is 4.79. The largest absolute Gasteiger partial charge is 0.293 e. The van der Waals surface area contributed by atoms with Gasteiger partial charge in [-0.05, 0) is 15.9 Å². The van der Waals surface area contributed by atoms with Crippen LogP contribution >= 0.6 is 39.0 Å². The third-order valence-corrected chi connectivity index (χ3v) is 4.58. The van der Waals surface area contributed by atoms with Crippen LogP contribution in [0.15, 0.2) is 14.1 Å². The molecular weight excluding hydrogens is 232 g/mol. The van der Waals surface area contributed by atoms with Gasteiger partial charge in [0.25, 0.3) is 0 Å². The van der Waals surface area contributed by atoms with E-state index in [4.69, 9.17) is 0 Å². The molecule has 1 aliphatic heterocycles. The summed E-state index contributed by atoms with van der Waals surface area (Å²) in [7, 11) is 0. The SMILES string of the molecule is O=C1CSc2c1csc2Br. The van der Waals surface area contributed by atoms with Gasteiger partial charge >= 0.3 is 0 Å².